The second-order valence-corrected chi connectivity index (χ2v) is 6.99. The molecule has 10 heteroatoms. The monoisotopic (exact) mass is 400 g/mol. The molecule has 1 atom stereocenters. The maximum Gasteiger partial charge on any atom is 0.320 e. The van der Waals surface area contributed by atoms with Crippen molar-refractivity contribution in [2.24, 2.45) is 0 Å². The molecule has 0 bridgehead atoms. The van der Waals surface area contributed by atoms with Crippen LogP contribution in [0.25, 0.3) is 0 Å². The minimum absolute atomic E-state index is 0.0360. The molecule has 1 N–H and O–H groups in total. The number of carbonyl (C=O) groups is 1. The first kappa shape index (κ1) is 19.3. The van der Waals surface area contributed by atoms with Crippen LogP contribution in [0.15, 0.2) is 12.3 Å². The second-order valence-electron chi connectivity index (χ2n) is 6.99. The number of hydrogen-bond acceptors (Lipinski definition) is 9. The van der Waals surface area contributed by atoms with Gasteiger partial charge in [0.25, 0.3) is 5.91 Å². The number of amides is 1. The molecule has 154 valence electrons. The molecule has 10 nitrogen and oxygen atoms in total. The Morgan fingerprint density at radius 1 is 1.28 bits per heavy atom. The number of ether oxygens (including phenoxy) is 3. The molecule has 0 aliphatic carbocycles. The highest BCUT2D eigenvalue weighted by atomic mass is 16.5. The van der Waals surface area contributed by atoms with Crippen LogP contribution >= 0.6 is 0 Å². The zero-order valence-electron chi connectivity index (χ0n) is 16.6. The van der Waals surface area contributed by atoms with Crippen LogP contribution in [0.1, 0.15) is 34.6 Å². The van der Waals surface area contributed by atoms with Gasteiger partial charge in [-0.15, -0.1) is 0 Å². The van der Waals surface area contributed by atoms with E-state index < -0.39 is 0 Å². The molecule has 1 amide bonds. The van der Waals surface area contributed by atoms with Crippen molar-refractivity contribution in [2.75, 3.05) is 38.8 Å². The zero-order valence-corrected chi connectivity index (χ0v) is 16.6. The SMILES string of the molecule is COc1cc(C(=O)N[C@H]2CCCN(c3ncc4c(n3)CCOC4)C2)nc(OC)n1. The van der Waals surface area contributed by atoms with Crippen LogP contribution in [0.3, 0.4) is 0 Å². The van der Waals surface area contributed by atoms with Gasteiger partial charge in [-0.2, -0.15) is 9.97 Å². The van der Waals surface area contributed by atoms with Gasteiger partial charge in [-0.25, -0.2) is 9.97 Å². The number of nitrogens with one attached hydrogen (secondary N) is 1. The summed E-state index contributed by atoms with van der Waals surface area (Å²) in [5, 5.41) is 3.04. The fourth-order valence-electron chi connectivity index (χ4n) is 3.52. The van der Waals surface area contributed by atoms with Gasteiger partial charge in [0, 0.05) is 43.4 Å². The number of aromatic nitrogens is 4. The van der Waals surface area contributed by atoms with Gasteiger partial charge in [0.2, 0.25) is 11.8 Å². The molecule has 4 rings (SSSR count). The summed E-state index contributed by atoms with van der Waals surface area (Å²) < 4.78 is 15.6. The Bertz CT molecular complexity index is 871. The first-order valence-electron chi connectivity index (χ1n) is 9.61. The van der Waals surface area contributed by atoms with Crippen LogP contribution in [0, 0.1) is 0 Å². The zero-order chi connectivity index (χ0) is 20.2. The maximum atomic E-state index is 12.7. The van der Waals surface area contributed by atoms with E-state index in [0.717, 1.165) is 37.1 Å². The van der Waals surface area contributed by atoms with Gasteiger partial charge < -0.3 is 24.4 Å². The lowest BCUT2D eigenvalue weighted by atomic mass is 10.1. The first-order valence-corrected chi connectivity index (χ1v) is 9.61. The van der Waals surface area contributed by atoms with Gasteiger partial charge in [-0.1, -0.05) is 0 Å². The van der Waals surface area contributed by atoms with E-state index in [0.29, 0.717) is 25.7 Å². The van der Waals surface area contributed by atoms with E-state index in [-0.39, 0.29) is 29.5 Å². The van der Waals surface area contributed by atoms with Crippen LogP contribution in [0.2, 0.25) is 0 Å². The Kier molecular flexibility index (Phi) is 5.70. The molecule has 0 unspecified atom stereocenters. The summed E-state index contributed by atoms with van der Waals surface area (Å²) in [5.41, 5.74) is 2.30. The van der Waals surface area contributed by atoms with Crippen molar-refractivity contribution >= 4 is 11.9 Å². The number of hydrogen-bond donors (Lipinski definition) is 1. The van der Waals surface area contributed by atoms with Crippen molar-refractivity contribution in [3.05, 3.63) is 29.2 Å². The number of piperidine rings is 1. The van der Waals surface area contributed by atoms with Crippen molar-refractivity contribution in [1.29, 1.82) is 0 Å². The first-order chi connectivity index (χ1) is 14.2. The fraction of sp³-hybridized carbons (Fsp3) is 0.526. The molecular weight excluding hydrogens is 376 g/mol. The summed E-state index contributed by atoms with van der Waals surface area (Å²) >= 11 is 0. The molecule has 29 heavy (non-hydrogen) atoms. The third kappa shape index (κ3) is 4.37. The van der Waals surface area contributed by atoms with Gasteiger partial charge in [0.15, 0.2) is 0 Å². The Hall–Kier alpha value is -3.01. The molecule has 2 aromatic heterocycles. The van der Waals surface area contributed by atoms with Crippen LogP contribution in [-0.2, 0) is 17.8 Å². The lowest BCUT2D eigenvalue weighted by molar-refractivity contribution is 0.0926. The standard InChI is InChI=1S/C19H24N6O4/c1-27-16-8-15(23-19(24-16)28-2)17(26)21-13-4-3-6-25(10-13)18-20-9-12-11-29-7-5-14(12)22-18/h8-9,13H,3-7,10-11H2,1-2H3,(H,21,26)/t13-/m0/s1. The molecule has 2 aliphatic heterocycles. The van der Waals surface area contributed by atoms with Gasteiger partial charge in [-0.05, 0) is 12.8 Å². The predicted octanol–water partition coefficient (Wildman–Crippen LogP) is 0.755. The quantitative estimate of drug-likeness (QED) is 0.777. The molecule has 1 saturated heterocycles. The van der Waals surface area contributed by atoms with E-state index in [1.165, 1.54) is 20.3 Å². The third-order valence-electron chi connectivity index (χ3n) is 5.03. The van der Waals surface area contributed by atoms with Gasteiger partial charge in [0.05, 0.1) is 33.1 Å². The fourth-order valence-corrected chi connectivity index (χ4v) is 3.52. The van der Waals surface area contributed by atoms with Gasteiger partial charge in [-0.3, -0.25) is 4.79 Å². The molecule has 1 fully saturated rings. The van der Waals surface area contributed by atoms with Crippen molar-refractivity contribution < 1.29 is 19.0 Å². The Labute approximate surface area is 168 Å². The van der Waals surface area contributed by atoms with Gasteiger partial charge in [0.1, 0.15) is 5.69 Å². The Morgan fingerprint density at radius 3 is 3.00 bits per heavy atom. The molecule has 0 saturated carbocycles. The Morgan fingerprint density at radius 2 is 2.17 bits per heavy atom. The minimum atomic E-state index is -0.292. The van der Waals surface area contributed by atoms with Crippen molar-refractivity contribution in [3.8, 4) is 11.9 Å². The number of anilines is 1. The highest BCUT2D eigenvalue weighted by Crippen LogP contribution is 2.21. The predicted molar refractivity (Wildman–Crippen MR) is 103 cm³/mol. The molecule has 2 aliphatic rings. The van der Waals surface area contributed by atoms with E-state index in [4.69, 9.17) is 19.2 Å². The van der Waals surface area contributed by atoms with Crippen LogP contribution in [0.5, 0.6) is 11.9 Å². The highest BCUT2D eigenvalue weighted by Gasteiger charge is 2.25. The smallest absolute Gasteiger partial charge is 0.320 e. The van der Waals surface area contributed by atoms with Crippen molar-refractivity contribution in [3.63, 3.8) is 0 Å². The lowest BCUT2D eigenvalue weighted by Gasteiger charge is -2.33. The van der Waals surface area contributed by atoms with Crippen molar-refractivity contribution in [1.82, 2.24) is 25.3 Å². The summed E-state index contributed by atoms with van der Waals surface area (Å²) in [6, 6.07) is 1.55. The average molecular weight is 400 g/mol. The average Bonchev–Trinajstić information content (AvgIpc) is 2.78. The number of methoxy groups -OCH3 is 2. The summed E-state index contributed by atoms with van der Waals surface area (Å²) in [4.78, 5) is 32.2. The normalized spacial score (nSPS) is 18.7. The van der Waals surface area contributed by atoms with Gasteiger partial charge >= 0.3 is 6.01 Å². The second kappa shape index (κ2) is 8.56. The van der Waals surface area contributed by atoms with E-state index >= 15 is 0 Å². The molecule has 2 aromatic rings. The molecular formula is C19H24N6O4. The number of fused-ring (bicyclic) bond motifs is 1. The molecule has 0 spiro atoms. The van der Waals surface area contributed by atoms with E-state index in [1.807, 2.05) is 6.20 Å². The van der Waals surface area contributed by atoms with E-state index in [2.05, 4.69) is 25.2 Å². The molecule has 0 radical (unpaired) electrons. The number of nitrogens with zero attached hydrogens (tertiary/aromatic N) is 5. The maximum absolute atomic E-state index is 12.7. The largest absolute Gasteiger partial charge is 0.481 e. The topological polar surface area (TPSA) is 112 Å². The van der Waals surface area contributed by atoms with Crippen LogP contribution < -0.4 is 19.7 Å². The van der Waals surface area contributed by atoms with Crippen LogP contribution in [-0.4, -0.2) is 65.8 Å². The summed E-state index contributed by atoms with van der Waals surface area (Å²) in [7, 11) is 2.92. The Balaban J connectivity index is 1.44. The van der Waals surface area contributed by atoms with Crippen molar-refractivity contribution in [2.45, 2.75) is 31.9 Å². The third-order valence-corrected chi connectivity index (χ3v) is 5.03. The highest BCUT2D eigenvalue weighted by molar-refractivity contribution is 5.92. The summed E-state index contributed by atoms with van der Waals surface area (Å²) in [5.74, 6) is 0.688. The lowest BCUT2D eigenvalue weighted by Crippen LogP contribution is -2.48. The van der Waals surface area contributed by atoms with E-state index in [9.17, 15) is 4.79 Å². The summed E-state index contributed by atoms with van der Waals surface area (Å²) in [6.45, 7) is 2.76. The summed E-state index contributed by atoms with van der Waals surface area (Å²) in [6.07, 6.45) is 4.46. The number of rotatable bonds is 5. The molecule has 4 heterocycles. The molecule has 0 aromatic carbocycles. The minimum Gasteiger partial charge on any atom is -0.481 e. The van der Waals surface area contributed by atoms with Crippen LogP contribution in [0.4, 0.5) is 5.95 Å². The number of carbonyl (C=O) groups excluding carboxylic acids is 1. The van der Waals surface area contributed by atoms with E-state index in [1.54, 1.807) is 0 Å².